The molecule has 4 heteroatoms. The minimum Gasteiger partial charge on any atom is -0.370 e. The van der Waals surface area contributed by atoms with Crippen LogP contribution in [0.25, 0.3) is 0 Å². The van der Waals surface area contributed by atoms with Crippen LogP contribution in [0.5, 0.6) is 0 Å². The van der Waals surface area contributed by atoms with Crippen LogP contribution in [0.3, 0.4) is 0 Å². The minimum atomic E-state index is 0.308. The van der Waals surface area contributed by atoms with E-state index in [0.29, 0.717) is 18.5 Å². The van der Waals surface area contributed by atoms with Crippen molar-refractivity contribution in [2.24, 2.45) is 10.7 Å². The van der Waals surface area contributed by atoms with E-state index in [1.165, 1.54) is 0 Å². The number of pyridine rings is 1. The number of hydrogen-bond acceptors (Lipinski definition) is 2. The van der Waals surface area contributed by atoms with Crippen LogP contribution in [0, 0.1) is 0 Å². The van der Waals surface area contributed by atoms with E-state index in [4.69, 9.17) is 5.73 Å². The van der Waals surface area contributed by atoms with Gasteiger partial charge in [0.2, 0.25) is 0 Å². The topological polar surface area (TPSA) is 63.3 Å². The van der Waals surface area contributed by atoms with Crippen molar-refractivity contribution < 1.29 is 0 Å². The van der Waals surface area contributed by atoms with Gasteiger partial charge in [0.1, 0.15) is 0 Å². The maximum Gasteiger partial charge on any atom is 0.189 e. The van der Waals surface area contributed by atoms with Gasteiger partial charge in [0.25, 0.3) is 0 Å². The summed E-state index contributed by atoms with van der Waals surface area (Å²) >= 11 is 0. The van der Waals surface area contributed by atoms with Crippen molar-refractivity contribution in [1.29, 1.82) is 0 Å². The second kappa shape index (κ2) is 5.21. The molecule has 1 aromatic rings. The lowest BCUT2D eigenvalue weighted by atomic mass is 10.3. The molecule has 0 amide bonds. The highest BCUT2D eigenvalue weighted by molar-refractivity contribution is 5.77. The Labute approximate surface area is 84.3 Å². The lowest BCUT2D eigenvalue weighted by Crippen LogP contribution is -2.36. The Morgan fingerprint density at radius 2 is 2.36 bits per heavy atom. The van der Waals surface area contributed by atoms with Gasteiger partial charge in [-0.2, -0.15) is 0 Å². The van der Waals surface area contributed by atoms with E-state index in [2.05, 4.69) is 15.3 Å². The van der Waals surface area contributed by atoms with Crippen LogP contribution in [-0.4, -0.2) is 17.0 Å². The maximum absolute atomic E-state index is 5.63. The molecule has 1 rings (SSSR count). The lowest BCUT2D eigenvalue weighted by Gasteiger charge is -2.07. The fraction of sp³-hybridized carbons (Fsp3) is 0.400. The molecule has 4 nitrogen and oxygen atoms in total. The van der Waals surface area contributed by atoms with Gasteiger partial charge in [-0.15, -0.1) is 0 Å². The fourth-order valence-corrected chi connectivity index (χ4v) is 0.999. The molecule has 0 radical (unpaired) electrons. The van der Waals surface area contributed by atoms with E-state index in [9.17, 15) is 0 Å². The summed E-state index contributed by atoms with van der Waals surface area (Å²) in [7, 11) is 0. The summed E-state index contributed by atoms with van der Waals surface area (Å²) in [5.74, 6) is 0.464. The van der Waals surface area contributed by atoms with Crippen molar-refractivity contribution in [3.8, 4) is 0 Å². The van der Waals surface area contributed by atoms with Crippen LogP contribution in [0.4, 0.5) is 0 Å². The van der Waals surface area contributed by atoms with Crippen LogP contribution in [0.1, 0.15) is 19.5 Å². The predicted molar refractivity (Wildman–Crippen MR) is 57.8 cm³/mol. The number of rotatable bonds is 3. The second-order valence-electron chi connectivity index (χ2n) is 3.32. The Hall–Kier alpha value is -1.58. The molecule has 0 fully saturated rings. The molecule has 1 heterocycles. The average molecular weight is 192 g/mol. The van der Waals surface area contributed by atoms with Gasteiger partial charge in [-0.3, -0.25) is 4.98 Å². The first-order chi connectivity index (χ1) is 6.68. The molecule has 0 saturated heterocycles. The first-order valence-corrected chi connectivity index (χ1v) is 4.65. The molecule has 1 aromatic heterocycles. The first kappa shape index (κ1) is 10.5. The second-order valence-corrected chi connectivity index (χ2v) is 3.32. The van der Waals surface area contributed by atoms with Gasteiger partial charge in [0.05, 0.1) is 12.2 Å². The van der Waals surface area contributed by atoms with Crippen LogP contribution in [0.15, 0.2) is 29.4 Å². The fourth-order valence-electron chi connectivity index (χ4n) is 0.999. The van der Waals surface area contributed by atoms with Gasteiger partial charge in [0.15, 0.2) is 5.96 Å². The Morgan fingerprint density at radius 1 is 1.57 bits per heavy atom. The molecule has 76 valence electrons. The van der Waals surface area contributed by atoms with E-state index in [1.807, 2.05) is 32.0 Å². The molecule has 0 unspecified atom stereocenters. The van der Waals surface area contributed by atoms with Crippen LogP contribution < -0.4 is 11.1 Å². The van der Waals surface area contributed by atoms with E-state index >= 15 is 0 Å². The summed E-state index contributed by atoms with van der Waals surface area (Å²) in [6.45, 7) is 4.55. The van der Waals surface area contributed by atoms with Gasteiger partial charge in [0, 0.05) is 12.2 Å². The zero-order valence-electron chi connectivity index (χ0n) is 8.57. The highest BCUT2D eigenvalue weighted by Crippen LogP contribution is 1.94. The van der Waals surface area contributed by atoms with Crippen molar-refractivity contribution in [1.82, 2.24) is 10.3 Å². The van der Waals surface area contributed by atoms with E-state index in [-0.39, 0.29) is 0 Å². The summed E-state index contributed by atoms with van der Waals surface area (Å²) < 4.78 is 0. The molecule has 0 bridgehead atoms. The SMILES string of the molecule is CC(C)NC(N)=NCc1ccccn1. The zero-order chi connectivity index (χ0) is 10.4. The summed E-state index contributed by atoms with van der Waals surface area (Å²) in [6.07, 6.45) is 1.75. The third-order valence-electron chi connectivity index (χ3n) is 1.57. The van der Waals surface area contributed by atoms with E-state index in [1.54, 1.807) is 6.20 Å². The molecule has 0 aliphatic heterocycles. The number of aromatic nitrogens is 1. The summed E-state index contributed by atoms with van der Waals surface area (Å²) in [5.41, 5.74) is 6.55. The third-order valence-corrected chi connectivity index (χ3v) is 1.57. The molecule has 14 heavy (non-hydrogen) atoms. The molecule has 0 saturated carbocycles. The standard InChI is InChI=1S/C10H16N4/c1-8(2)14-10(11)13-7-9-5-3-4-6-12-9/h3-6,8H,7H2,1-2H3,(H3,11,13,14). The van der Waals surface area contributed by atoms with Crippen LogP contribution >= 0.6 is 0 Å². The highest BCUT2D eigenvalue weighted by atomic mass is 15.1. The summed E-state index contributed by atoms with van der Waals surface area (Å²) in [4.78, 5) is 8.29. The van der Waals surface area contributed by atoms with E-state index in [0.717, 1.165) is 5.69 Å². The summed E-state index contributed by atoms with van der Waals surface area (Å²) in [5, 5.41) is 3.01. The van der Waals surface area contributed by atoms with E-state index < -0.39 is 0 Å². The Bertz CT molecular complexity index is 292. The van der Waals surface area contributed by atoms with Gasteiger partial charge in [-0.05, 0) is 26.0 Å². The molecule has 0 atom stereocenters. The number of nitrogens with two attached hydrogens (primary N) is 1. The largest absolute Gasteiger partial charge is 0.370 e. The van der Waals surface area contributed by atoms with Crippen molar-refractivity contribution in [2.45, 2.75) is 26.4 Å². The maximum atomic E-state index is 5.63. The molecule has 0 aliphatic carbocycles. The molecule has 0 spiro atoms. The van der Waals surface area contributed by atoms with Gasteiger partial charge in [-0.1, -0.05) is 6.07 Å². The van der Waals surface area contributed by atoms with Crippen molar-refractivity contribution in [3.63, 3.8) is 0 Å². The van der Waals surface area contributed by atoms with Crippen molar-refractivity contribution in [3.05, 3.63) is 30.1 Å². The first-order valence-electron chi connectivity index (χ1n) is 4.65. The number of nitrogens with one attached hydrogen (secondary N) is 1. The number of nitrogens with zero attached hydrogens (tertiary/aromatic N) is 2. The highest BCUT2D eigenvalue weighted by Gasteiger charge is 1.95. The van der Waals surface area contributed by atoms with Crippen LogP contribution in [-0.2, 0) is 6.54 Å². The lowest BCUT2D eigenvalue weighted by molar-refractivity contribution is 0.723. The smallest absolute Gasteiger partial charge is 0.189 e. The third kappa shape index (κ3) is 3.89. The average Bonchev–Trinajstić information content (AvgIpc) is 2.15. The zero-order valence-corrected chi connectivity index (χ0v) is 8.57. The van der Waals surface area contributed by atoms with Gasteiger partial charge < -0.3 is 11.1 Å². The molecule has 3 N–H and O–H groups in total. The predicted octanol–water partition coefficient (Wildman–Crippen LogP) is 0.894. The van der Waals surface area contributed by atoms with Gasteiger partial charge in [-0.25, -0.2) is 4.99 Å². The Balaban J connectivity index is 2.47. The molecule has 0 aliphatic rings. The van der Waals surface area contributed by atoms with Crippen molar-refractivity contribution >= 4 is 5.96 Å². The van der Waals surface area contributed by atoms with Crippen molar-refractivity contribution in [2.75, 3.05) is 0 Å². The summed E-state index contributed by atoms with van der Waals surface area (Å²) in [6, 6.07) is 6.04. The Morgan fingerprint density at radius 3 is 2.93 bits per heavy atom. The number of aliphatic imine (C=N–C) groups is 1. The van der Waals surface area contributed by atoms with Crippen LogP contribution in [0.2, 0.25) is 0 Å². The Kier molecular flexibility index (Phi) is 3.91. The van der Waals surface area contributed by atoms with Gasteiger partial charge >= 0.3 is 0 Å². The minimum absolute atomic E-state index is 0.308. The number of hydrogen-bond donors (Lipinski definition) is 2. The molecular weight excluding hydrogens is 176 g/mol. The quantitative estimate of drug-likeness (QED) is 0.552. The molecule has 0 aromatic carbocycles. The molecular formula is C10H16N4. The monoisotopic (exact) mass is 192 g/mol. The normalized spacial score (nSPS) is 11.8. The number of guanidine groups is 1.